The molecule has 0 unspecified atom stereocenters. The fraction of sp³-hybridized carbons (Fsp3) is 0.529. The fourth-order valence-electron chi connectivity index (χ4n) is 2.52. The van der Waals surface area contributed by atoms with E-state index in [2.05, 4.69) is 15.8 Å². The Morgan fingerprint density at radius 3 is 2.36 bits per heavy atom. The van der Waals surface area contributed by atoms with Crippen LogP contribution in [0.2, 0.25) is 0 Å². The number of benzene rings is 1. The molecule has 1 aromatic carbocycles. The number of hydrazone groups is 1. The summed E-state index contributed by atoms with van der Waals surface area (Å²) in [5.41, 5.74) is 5.38. The van der Waals surface area contributed by atoms with Gasteiger partial charge in [0, 0.05) is 12.3 Å². The number of hydrogen-bond donors (Lipinski definition) is 2. The monoisotopic (exact) mass is 319 g/mol. The van der Waals surface area contributed by atoms with Crippen molar-refractivity contribution in [3.8, 4) is 5.75 Å². The van der Waals surface area contributed by atoms with Gasteiger partial charge >= 0.3 is 0 Å². The Balaban J connectivity index is 1.74. The van der Waals surface area contributed by atoms with Crippen LogP contribution in [0.4, 0.5) is 0 Å². The van der Waals surface area contributed by atoms with Gasteiger partial charge in [0.1, 0.15) is 5.75 Å². The Bertz CT molecular complexity index is 489. The second-order valence-corrected chi connectivity index (χ2v) is 6.00. The Hall–Kier alpha value is -1.62. The van der Waals surface area contributed by atoms with Crippen molar-refractivity contribution in [3.63, 3.8) is 0 Å². The summed E-state index contributed by atoms with van der Waals surface area (Å²) in [7, 11) is 1.67. The van der Waals surface area contributed by atoms with E-state index in [0.29, 0.717) is 11.7 Å². The average Bonchev–Trinajstić information content (AvgIpc) is 2.52. The molecule has 0 bridgehead atoms. The van der Waals surface area contributed by atoms with Crippen molar-refractivity contribution in [1.29, 1.82) is 0 Å². The maximum Gasteiger partial charge on any atom is 0.187 e. The molecule has 2 N–H and O–H groups in total. The summed E-state index contributed by atoms with van der Waals surface area (Å²) < 4.78 is 5.14. The van der Waals surface area contributed by atoms with E-state index in [4.69, 9.17) is 17.0 Å². The molecule has 0 saturated heterocycles. The molecule has 1 fully saturated rings. The van der Waals surface area contributed by atoms with E-state index >= 15 is 0 Å². The first-order valence-corrected chi connectivity index (χ1v) is 8.41. The molecule has 22 heavy (non-hydrogen) atoms. The molecule has 0 heterocycles. The van der Waals surface area contributed by atoms with Crippen molar-refractivity contribution in [2.45, 2.75) is 51.5 Å². The molecular formula is C17H25N3OS. The summed E-state index contributed by atoms with van der Waals surface area (Å²) in [6, 6.07) is 7.94. The quantitative estimate of drug-likeness (QED) is 0.655. The highest BCUT2D eigenvalue weighted by molar-refractivity contribution is 7.80. The molecule has 1 aliphatic rings. The predicted molar refractivity (Wildman–Crippen MR) is 95.3 cm³/mol. The topological polar surface area (TPSA) is 45.6 Å². The number of rotatable bonds is 4. The predicted octanol–water partition coefficient (Wildman–Crippen LogP) is 3.76. The number of nitrogens with one attached hydrogen (secondary N) is 2. The lowest BCUT2D eigenvalue weighted by molar-refractivity contribution is 0.414. The molecule has 5 heteroatoms. The third-order valence-corrected chi connectivity index (χ3v) is 4.09. The molecule has 0 atom stereocenters. The molecule has 4 nitrogen and oxygen atoms in total. The highest BCUT2D eigenvalue weighted by Crippen LogP contribution is 2.14. The average molecular weight is 319 g/mol. The number of hydrogen-bond acceptors (Lipinski definition) is 3. The minimum atomic E-state index is 0.574. The molecule has 0 amide bonds. The zero-order valence-electron chi connectivity index (χ0n) is 13.2. The maximum absolute atomic E-state index is 5.28. The van der Waals surface area contributed by atoms with Gasteiger partial charge < -0.3 is 10.1 Å². The van der Waals surface area contributed by atoms with Gasteiger partial charge in [-0.15, -0.1) is 0 Å². The van der Waals surface area contributed by atoms with Crippen LogP contribution in [-0.4, -0.2) is 17.9 Å². The third kappa shape index (κ3) is 6.02. The molecule has 0 radical (unpaired) electrons. The zero-order chi connectivity index (χ0) is 15.6. The fourth-order valence-corrected chi connectivity index (χ4v) is 2.64. The number of nitrogens with zero attached hydrogens (tertiary/aromatic N) is 1. The van der Waals surface area contributed by atoms with Crippen LogP contribution in [0.3, 0.4) is 0 Å². The number of ether oxygens (including phenoxy) is 1. The summed E-state index contributed by atoms with van der Waals surface area (Å²) in [5.74, 6) is 0.861. The SMILES string of the molecule is COc1ccc(CNC(=S)NN=C2CCCCCCC2)cc1. The summed E-state index contributed by atoms with van der Waals surface area (Å²) in [6.45, 7) is 0.681. The second-order valence-electron chi connectivity index (χ2n) is 5.59. The maximum atomic E-state index is 5.28. The van der Waals surface area contributed by atoms with Gasteiger partial charge in [0.25, 0.3) is 0 Å². The minimum absolute atomic E-state index is 0.574. The first-order valence-electron chi connectivity index (χ1n) is 8.00. The molecule has 1 aromatic rings. The van der Waals surface area contributed by atoms with Crippen LogP contribution in [0.15, 0.2) is 29.4 Å². The van der Waals surface area contributed by atoms with Gasteiger partial charge in [-0.1, -0.05) is 31.4 Å². The van der Waals surface area contributed by atoms with Crippen molar-refractivity contribution in [3.05, 3.63) is 29.8 Å². The lowest BCUT2D eigenvalue weighted by Gasteiger charge is -2.12. The summed E-state index contributed by atoms with van der Waals surface area (Å²) in [6.07, 6.45) is 8.67. The van der Waals surface area contributed by atoms with E-state index in [0.717, 1.165) is 24.2 Å². The molecule has 0 aromatic heterocycles. The first-order chi connectivity index (χ1) is 10.8. The van der Waals surface area contributed by atoms with Crippen molar-refractivity contribution in [2.24, 2.45) is 5.10 Å². The largest absolute Gasteiger partial charge is 0.497 e. The van der Waals surface area contributed by atoms with Crippen molar-refractivity contribution < 1.29 is 4.74 Å². The lowest BCUT2D eigenvalue weighted by Crippen LogP contribution is -2.32. The van der Waals surface area contributed by atoms with Crippen LogP contribution in [-0.2, 0) is 6.54 Å². The van der Waals surface area contributed by atoms with Crippen LogP contribution in [0.25, 0.3) is 0 Å². The minimum Gasteiger partial charge on any atom is -0.497 e. The lowest BCUT2D eigenvalue weighted by atomic mass is 9.99. The number of thiocarbonyl (C=S) groups is 1. The molecule has 1 saturated carbocycles. The standard InChI is InChI=1S/C17H25N3OS/c1-21-16-11-9-14(10-12-16)13-18-17(22)20-19-15-7-5-3-2-4-6-8-15/h9-12H,2-8,13H2,1H3,(H2,18,20,22). The molecule has 0 spiro atoms. The van der Waals surface area contributed by atoms with E-state index in [1.807, 2.05) is 24.3 Å². The van der Waals surface area contributed by atoms with Crippen molar-refractivity contribution in [1.82, 2.24) is 10.7 Å². The van der Waals surface area contributed by atoms with E-state index in [1.165, 1.54) is 37.8 Å². The highest BCUT2D eigenvalue weighted by atomic mass is 32.1. The molecule has 1 aliphatic carbocycles. The summed E-state index contributed by atoms with van der Waals surface area (Å²) in [4.78, 5) is 0. The first kappa shape index (κ1) is 16.7. The van der Waals surface area contributed by atoms with E-state index < -0.39 is 0 Å². The van der Waals surface area contributed by atoms with Crippen LogP contribution in [0, 0.1) is 0 Å². The molecule has 120 valence electrons. The van der Waals surface area contributed by atoms with E-state index in [-0.39, 0.29) is 0 Å². The van der Waals surface area contributed by atoms with Gasteiger partial charge in [-0.3, -0.25) is 5.43 Å². The Morgan fingerprint density at radius 1 is 1.09 bits per heavy atom. The molecular weight excluding hydrogens is 294 g/mol. The van der Waals surface area contributed by atoms with Crippen molar-refractivity contribution in [2.75, 3.05) is 7.11 Å². The van der Waals surface area contributed by atoms with E-state index in [9.17, 15) is 0 Å². The van der Waals surface area contributed by atoms with Crippen LogP contribution in [0.5, 0.6) is 5.75 Å². The molecule has 2 rings (SSSR count). The van der Waals surface area contributed by atoms with Crippen molar-refractivity contribution >= 4 is 23.0 Å². The van der Waals surface area contributed by atoms with Gasteiger partial charge in [-0.05, 0) is 55.6 Å². The van der Waals surface area contributed by atoms with Crippen LogP contribution < -0.4 is 15.5 Å². The zero-order valence-corrected chi connectivity index (χ0v) is 14.0. The van der Waals surface area contributed by atoms with Crippen LogP contribution in [0.1, 0.15) is 50.5 Å². The van der Waals surface area contributed by atoms with E-state index in [1.54, 1.807) is 7.11 Å². The van der Waals surface area contributed by atoms with Gasteiger partial charge in [0.15, 0.2) is 5.11 Å². The van der Waals surface area contributed by atoms with Gasteiger partial charge in [-0.2, -0.15) is 5.10 Å². The summed E-state index contributed by atoms with van der Waals surface area (Å²) in [5, 5.41) is 8.22. The Kier molecular flexibility index (Phi) is 7.16. The van der Waals surface area contributed by atoms with Gasteiger partial charge in [0.2, 0.25) is 0 Å². The Labute approximate surface area is 138 Å². The third-order valence-electron chi connectivity index (χ3n) is 3.86. The van der Waals surface area contributed by atoms with Gasteiger partial charge in [0.05, 0.1) is 7.11 Å². The number of methoxy groups -OCH3 is 1. The normalized spacial score (nSPS) is 15.4. The Morgan fingerprint density at radius 2 is 1.73 bits per heavy atom. The van der Waals surface area contributed by atoms with Crippen LogP contribution >= 0.6 is 12.2 Å². The molecule has 0 aliphatic heterocycles. The highest BCUT2D eigenvalue weighted by Gasteiger charge is 2.05. The second kappa shape index (κ2) is 9.41. The van der Waals surface area contributed by atoms with Gasteiger partial charge in [-0.25, -0.2) is 0 Å². The smallest absolute Gasteiger partial charge is 0.187 e. The summed E-state index contributed by atoms with van der Waals surface area (Å²) >= 11 is 5.28.